The summed E-state index contributed by atoms with van der Waals surface area (Å²) in [5.41, 5.74) is 5.34. The van der Waals surface area contributed by atoms with Gasteiger partial charge in [0.2, 0.25) is 5.91 Å². The first kappa shape index (κ1) is 24.1. The molecule has 1 heterocycles. The molecule has 1 unspecified atom stereocenters. The Morgan fingerprint density at radius 1 is 1.44 bits per heavy atom. The highest BCUT2D eigenvalue weighted by Gasteiger charge is 2.23. The molecule has 1 fully saturated rings. The second-order valence-electron chi connectivity index (χ2n) is 6.26. The van der Waals surface area contributed by atoms with Crippen molar-refractivity contribution in [3.63, 3.8) is 0 Å². The van der Waals surface area contributed by atoms with Gasteiger partial charge in [0, 0.05) is 26.1 Å². The maximum atomic E-state index is 11.2. The van der Waals surface area contributed by atoms with Crippen LogP contribution in [0.3, 0.4) is 0 Å². The Labute approximate surface area is 187 Å². The smallest absolute Gasteiger partial charge is 0.217 e. The van der Waals surface area contributed by atoms with Crippen LogP contribution in [-0.2, 0) is 4.79 Å². The number of ether oxygens (including phenoxy) is 1. The lowest BCUT2D eigenvalue weighted by Crippen LogP contribution is -2.47. The van der Waals surface area contributed by atoms with Gasteiger partial charge in [0.1, 0.15) is 17.4 Å². The predicted molar refractivity (Wildman–Crippen MR) is 121 cm³/mol. The van der Waals surface area contributed by atoms with Crippen molar-refractivity contribution in [3.05, 3.63) is 28.2 Å². The molecule has 27 heavy (non-hydrogen) atoms. The topological polar surface area (TPSA) is 80.0 Å². The van der Waals surface area contributed by atoms with E-state index in [0.29, 0.717) is 35.4 Å². The molecule has 1 aliphatic heterocycles. The Morgan fingerprint density at radius 3 is 2.93 bits per heavy atom. The van der Waals surface area contributed by atoms with Crippen LogP contribution in [0.1, 0.15) is 26.2 Å². The van der Waals surface area contributed by atoms with Crippen LogP contribution in [0.4, 0.5) is 0 Å². The van der Waals surface area contributed by atoms with Crippen molar-refractivity contribution in [2.75, 3.05) is 32.8 Å². The fourth-order valence-corrected chi connectivity index (χ4v) is 3.38. The number of hydrogen-bond donors (Lipinski definition) is 2. The summed E-state index contributed by atoms with van der Waals surface area (Å²) in [6.07, 6.45) is 2.47. The third-order valence-electron chi connectivity index (χ3n) is 4.17. The van der Waals surface area contributed by atoms with E-state index in [0.717, 1.165) is 38.4 Å². The highest BCUT2D eigenvalue weighted by molar-refractivity contribution is 14.0. The number of amides is 1. The van der Waals surface area contributed by atoms with Crippen molar-refractivity contribution < 1.29 is 9.53 Å². The highest BCUT2D eigenvalue weighted by Crippen LogP contribution is 2.31. The Kier molecular flexibility index (Phi) is 11.2. The Balaban J connectivity index is 0.00000364. The van der Waals surface area contributed by atoms with Crippen LogP contribution in [0.25, 0.3) is 0 Å². The first-order valence-corrected chi connectivity index (χ1v) is 9.65. The zero-order valence-corrected chi connectivity index (χ0v) is 19.3. The minimum Gasteiger partial charge on any atom is -0.490 e. The minimum absolute atomic E-state index is 0. The normalized spacial score (nSPS) is 17.2. The zero-order valence-electron chi connectivity index (χ0n) is 15.4. The second-order valence-corrected chi connectivity index (χ2v) is 7.05. The number of guanidine groups is 1. The Bertz CT molecular complexity index is 646. The van der Waals surface area contributed by atoms with Crippen molar-refractivity contribution in [1.29, 1.82) is 0 Å². The predicted octanol–water partition coefficient (Wildman–Crippen LogP) is 3.54. The molecule has 3 N–H and O–H groups in total. The number of likely N-dealkylation sites (tertiary alicyclic amines) is 1. The van der Waals surface area contributed by atoms with Gasteiger partial charge in [0.15, 0.2) is 5.96 Å². The van der Waals surface area contributed by atoms with E-state index < -0.39 is 0 Å². The van der Waals surface area contributed by atoms with Gasteiger partial charge < -0.3 is 20.7 Å². The van der Waals surface area contributed by atoms with E-state index in [-0.39, 0.29) is 35.8 Å². The molecule has 1 aliphatic rings. The third-order valence-corrected chi connectivity index (χ3v) is 4.97. The molecular weight excluding hydrogens is 502 g/mol. The fourth-order valence-electron chi connectivity index (χ4n) is 3.04. The van der Waals surface area contributed by atoms with Crippen molar-refractivity contribution in [3.8, 4) is 5.75 Å². The molecule has 9 heteroatoms. The molecular formula is C18H27Cl2IN4O2. The molecule has 1 saturated heterocycles. The van der Waals surface area contributed by atoms with Gasteiger partial charge in [0.25, 0.3) is 0 Å². The Hall–Kier alpha value is -0.930. The summed E-state index contributed by atoms with van der Waals surface area (Å²) in [6, 6.07) is 5.29. The van der Waals surface area contributed by atoms with Gasteiger partial charge in [0.05, 0.1) is 11.6 Å². The quantitative estimate of drug-likeness (QED) is 0.245. The average molecular weight is 529 g/mol. The van der Waals surface area contributed by atoms with E-state index in [1.54, 1.807) is 18.2 Å². The van der Waals surface area contributed by atoms with E-state index >= 15 is 0 Å². The summed E-state index contributed by atoms with van der Waals surface area (Å²) < 4.78 is 5.68. The molecule has 1 atom stereocenters. The summed E-state index contributed by atoms with van der Waals surface area (Å²) in [5.74, 6) is 1.43. The van der Waals surface area contributed by atoms with E-state index in [1.165, 1.54) is 0 Å². The second kappa shape index (κ2) is 12.5. The molecule has 0 spiro atoms. The van der Waals surface area contributed by atoms with Crippen molar-refractivity contribution in [1.82, 2.24) is 10.2 Å². The lowest BCUT2D eigenvalue weighted by atomic mass is 9.95. The van der Waals surface area contributed by atoms with Gasteiger partial charge in [-0.2, -0.15) is 0 Å². The van der Waals surface area contributed by atoms with E-state index in [1.807, 2.05) is 6.92 Å². The zero-order chi connectivity index (χ0) is 18.9. The number of benzene rings is 1. The molecule has 152 valence electrons. The minimum atomic E-state index is -0.245. The van der Waals surface area contributed by atoms with Gasteiger partial charge >= 0.3 is 0 Å². The fraction of sp³-hybridized carbons (Fsp3) is 0.556. The molecule has 0 radical (unpaired) electrons. The first-order valence-electron chi connectivity index (χ1n) is 8.89. The van der Waals surface area contributed by atoms with Crippen LogP contribution >= 0.6 is 47.2 Å². The van der Waals surface area contributed by atoms with E-state index in [9.17, 15) is 4.79 Å². The molecule has 0 aromatic heterocycles. The van der Waals surface area contributed by atoms with Crippen molar-refractivity contribution in [2.24, 2.45) is 16.6 Å². The van der Waals surface area contributed by atoms with Crippen molar-refractivity contribution in [2.45, 2.75) is 26.2 Å². The SMILES string of the molecule is CCNC(=NCCOc1cccc(Cl)c1Cl)N1CCCC(CC(N)=O)C1.I. The number of carbonyl (C=O) groups excluding carboxylic acids is 1. The van der Waals surface area contributed by atoms with Crippen LogP contribution < -0.4 is 15.8 Å². The summed E-state index contributed by atoms with van der Waals surface area (Å²) in [5, 5.41) is 4.18. The molecule has 1 aromatic rings. The standard InChI is InChI=1S/C18H26Cl2N4O2.HI/c1-2-22-18(24-9-4-5-13(12-24)11-16(21)25)23-8-10-26-15-7-3-6-14(19)17(15)20;/h3,6-7,13H,2,4-5,8-12H2,1H3,(H2,21,25)(H,22,23);1H. The average Bonchev–Trinajstić information content (AvgIpc) is 2.60. The maximum Gasteiger partial charge on any atom is 0.217 e. The molecule has 2 rings (SSSR count). The largest absolute Gasteiger partial charge is 0.490 e. The number of nitrogens with zero attached hydrogens (tertiary/aromatic N) is 2. The van der Waals surface area contributed by atoms with Gasteiger partial charge in [-0.05, 0) is 37.8 Å². The number of nitrogens with one attached hydrogen (secondary N) is 1. The van der Waals surface area contributed by atoms with E-state index in [4.69, 9.17) is 33.7 Å². The van der Waals surface area contributed by atoms with Gasteiger partial charge in [-0.25, -0.2) is 4.99 Å². The first-order chi connectivity index (χ1) is 12.5. The van der Waals surface area contributed by atoms with Gasteiger partial charge in [-0.1, -0.05) is 29.3 Å². The number of piperidine rings is 1. The summed E-state index contributed by atoms with van der Waals surface area (Å²) in [7, 11) is 0. The van der Waals surface area contributed by atoms with Crippen LogP contribution in [0.2, 0.25) is 10.0 Å². The number of rotatable bonds is 7. The molecule has 0 aliphatic carbocycles. The number of halogens is 3. The molecule has 1 amide bonds. The molecule has 0 saturated carbocycles. The van der Waals surface area contributed by atoms with Gasteiger partial charge in [-0.3, -0.25) is 4.79 Å². The number of aliphatic imine (C=N–C) groups is 1. The monoisotopic (exact) mass is 528 g/mol. The van der Waals surface area contributed by atoms with Crippen LogP contribution in [-0.4, -0.2) is 49.6 Å². The number of hydrogen-bond acceptors (Lipinski definition) is 3. The van der Waals surface area contributed by atoms with Crippen LogP contribution in [0.15, 0.2) is 23.2 Å². The lowest BCUT2D eigenvalue weighted by Gasteiger charge is -2.34. The lowest BCUT2D eigenvalue weighted by molar-refractivity contribution is -0.119. The molecule has 0 bridgehead atoms. The third kappa shape index (κ3) is 7.91. The van der Waals surface area contributed by atoms with Gasteiger partial charge in [-0.15, -0.1) is 24.0 Å². The van der Waals surface area contributed by atoms with Crippen molar-refractivity contribution >= 4 is 59.0 Å². The summed E-state index contributed by atoms with van der Waals surface area (Å²) in [6.45, 7) is 5.40. The van der Waals surface area contributed by atoms with Crippen LogP contribution in [0.5, 0.6) is 5.75 Å². The van der Waals surface area contributed by atoms with E-state index in [2.05, 4.69) is 15.2 Å². The molecule has 1 aromatic carbocycles. The Morgan fingerprint density at radius 2 is 2.22 bits per heavy atom. The highest BCUT2D eigenvalue weighted by atomic mass is 127. The molecule has 6 nitrogen and oxygen atoms in total. The van der Waals surface area contributed by atoms with Crippen LogP contribution in [0, 0.1) is 5.92 Å². The number of carbonyl (C=O) groups is 1. The summed E-state index contributed by atoms with van der Waals surface area (Å²) >= 11 is 12.1. The number of primary amides is 1. The number of nitrogens with two attached hydrogens (primary N) is 1. The summed E-state index contributed by atoms with van der Waals surface area (Å²) in [4.78, 5) is 18.0. The maximum absolute atomic E-state index is 11.2.